The maximum Gasteiger partial charge on any atom is 0.165 e. The minimum atomic E-state index is 0.727. The van der Waals surface area contributed by atoms with Crippen LogP contribution in [0, 0.1) is 6.92 Å². The third-order valence-electron chi connectivity index (χ3n) is 2.42. The Morgan fingerprint density at radius 2 is 2.29 bits per heavy atom. The number of thiophene rings is 1. The summed E-state index contributed by atoms with van der Waals surface area (Å²) >= 11 is 1.79. The van der Waals surface area contributed by atoms with E-state index in [0.717, 1.165) is 31.9 Å². The Balaban J connectivity index is 1.98. The lowest BCUT2D eigenvalue weighted by Crippen LogP contribution is -2.18. The molecule has 0 spiro atoms. The Kier molecular flexibility index (Phi) is 4.22. The van der Waals surface area contributed by atoms with Crippen molar-refractivity contribution in [2.24, 2.45) is 0 Å². The molecule has 0 aliphatic carbocycles. The highest BCUT2D eigenvalue weighted by molar-refractivity contribution is 7.11. The van der Waals surface area contributed by atoms with Crippen LogP contribution in [0.3, 0.4) is 0 Å². The Morgan fingerprint density at radius 3 is 3.00 bits per heavy atom. The minimum Gasteiger partial charge on any atom is -0.310 e. The van der Waals surface area contributed by atoms with Crippen molar-refractivity contribution < 1.29 is 0 Å². The molecule has 2 aromatic rings. The number of hydrogen-bond donors (Lipinski definition) is 1. The molecule has 92 valence electrons. The monoisotopic (exact) mass is 251 g/mol. The molecule has 0 atom stereocenters. The Bertz CT molecular complexity index is 462. The molecular formula is C11H17N5S. The molecule has 0 radical (unpaired) electrons. The predicted molar refractivity (Wildman–Crippen MR) is 68.0 cm³/mol. The third kappa shape index (κ3) is 3.34. The number of nitrogens with one attached hydrogen (secondary N) is 1. The van der Waals surface area contributed by atoms with Gasteiger partial charge >= 0.3 is 0 Å². The second-order valence-electron chi connectivity index (χ2n) is 3.94. The van der Waals surface area contributed by atoms with E-state index in [1.165, 1.54) is 9.75 Å². The van der Waals surface area contributed by atoms with Crippen LogP contribution in [0.1, 0.15) is 28.9 Å². The normalized spacial score (nSPS) is 10.9. The van der Waals surface area contributed by atoms with E-state index in [2.05, 4.69) is 46.8 Å². The molecule has 0 aliphatic heterocycles. The third-order valence-corrected chi connectivity index (χ3v) is 3.40. The van der Waals surface area contributed by atoms with Crippen molar-refractivity contribution in [1.82, 2.24) is 25.5 Å². The maximum atomic E-state index is 4.03. The topological polar surface area (TPSA) is 55.6 Å². The standard InChI is InChI=1S/C11H17N5S/c1-3-6-12-7-11-13-14-15-16(11)8-10-5-4-9(2)17-10/h4-5,12H,3,6-8H2,1-2H3. The van der Waals surface area contributed by atoms with E-state index in [1.807, 2.05) is 4.68 Å². The Morgan fingerprint density at radius 1 is 1.41 bits per heavy atom. The van der Waals surface area contributed by atoms with Gasteiger partial charge in [0.05, 0.1) is 13.1 Å². The first kappa shape index (κ1) is 12.2. The average molecular weight is 251 g/mol. The summed E-state index contributed by atoms with van der Waals surface area (Å²) in [6, 6.07) is 4.25. The second kappa shape index (κ2) is 5.88. The second-order valence-corrected chi connectivity index (χ2v) is 5.31. The molecule has 0 amide bonds. The van der Waals surface area contributed by atoms with Crippen LogP contribution in [0.5, 0.6) is 0 Å². The van der Waals surface area contributed by atoms with Crippen molar-refractivity contribution in [2.45, 2.75) is 33.4 Å². The zero-order valence-corrected chi connectivity index (χ0v) is 11.0. The largest absolute Gasteiger partial charge is 0.310 e. The lowest BCUT2D eigenvalue weighted by Gasteiger charge is -2.03. The fourth-order valence-corrected chi connectivity index (χ4v) is 2.44. The van der Waals surface area contributed by atoms with Gasteiger partial charge in [0.1, 0.15) is 0 Å². The first-order valence-corrected chi connectivity index (χ1v) is 6.62. The molecule has 0 saturated carbocycles. The van der Waals surface area contributed by atoms with Gasteiger partial charge in [0.15, 0.2) is 5.82 Å². The zero-order valence-electron chi connectivity index (χ0n) is 10.2. The SMILES string of the molecule is CCCNCc1nnnn1Cc1ccc(C)s1. The molecule has 17 heavy (non-hydrogen) atoms. The minimum absolute atomic E-state index is 0.727. The smallest absolute Gasteiger partial charge is 0.165 e. The van der Waals surface area contributed by atoms with E-state index < -0.39 is 0 Å². The number of hydrogen-bond acceptors (Lipinski definition) is 5. The zero-order chi connectivity index (χ0) is 12.1. The Hall–Kier alpha value is -1.27. The van der Waals surface area contributed by atoms with E-state index in [9.17, 15) is 0 Å². The quantitative estimate of drug-likeness (QED) is 0.792. The first-order chi connectivity index (χ1) is 8.29. The fourth-order valence-electron chi connectivity index (χ4n) is 1.57. The lowest BCUT2D eigenvalue weighted by molar-refractivity contribution is 0.580. The van der Waals surface area contributed by atoms with Crippen LogP contribution in [0.25, 0.3) is 0 Å². The summed E-state index contributed by atoms with van der Waals surface area (Å²) in [5.41, 5.74) is 0. The van der Waals surface area contributed by atoms with Crippen LogP contribution in [-0.4, -0.2) is 26.8 Å². The van der Waals surface area contributed by atoms with Crippen LogP contribution >= 0.6 is 11.3 Å². The van der Waals surface area contributed by atoms with Crippen LogP contribution in [0.15, 0.2) is 12.1 Å². The van der Waals surface area contributed by atoms with Gasteiger partial charge in [-0.2, -0.15) is 0 Å². The van der Waals surface area contributed by atoms with Gasteiger partial charge < -0.3 is 5.32 Å². The van der Waals surface area contributed by atoms with E-state index in [4.69, 9.17) is 0 Å². The number of nitrogens with zero attached hydrogens (tertiary/aromatic N) is 4. The number of aryl methyl sites for hydroxylation is 1. The molecule has 0 unspecified atom stereocenters. The summed E-state index contributed by atoms with van der Waals surface area (Å²) in [6.07, 6.45) is 1.12. The van der Waals surface area contributed by atoms with Gasteiger partial charge in [0.25, 0.3) is 0 Å². The van der Waals surface area contributed by atoms with E-state index >= 15 is 0 Å². The van der Waals surface area contributed by atoms with Gasteiger partial charge in [-0.3, -0.25) is 0 Å². The van der Waals surface area contributed by atoms with Gasteiger partial charge in [0, 0.05) is 9.75 Å². The summed E-state index contributed by atoms with van der Waals surface area (Å²) in [6.45, 7) is 6.73. The van der Waals surface area contributed by atoms with E-state index in [0.29, 0.717) is 0 Å². The molecular weight excluding hydrogens is 234 g/mol. The summed E-state index contributed by atoms with van der Waals surface area (Å²) in [5, 5.41) is 15.1. The van der Waals surface area contributed by atoms with Crippen molar-refractivity contribution in [1.29, 1.82) is 0 Å². The van der Waals surface area contributed by atoms with E-state index in [1.54, 1.807) is 11.3 Å². The predicted octanol–water partition coefficient (Wildman–Crippen LogP) is 1.59. The van der Waals surface area contributed by atoms with Gasteiger partial charge in [-0.15, -0.1) is 16.4 Å². The summed E-state index contributed by atoms with van der Waals surface area (Å²) in [5.74, 6) is 0.893. The summed E-state index contributed by atoms with van der Waals surface area (Å²) in [7, 11) is 0. The molecule has 2 aromatic heterocycles. The van der Waals surface area contributed by atoms with E-state index in [-0.39, 0.29) is 0 Å². The van der Waals surface area contributed by atoms with Crippen molar-refractivity contribution in [3.63, 3.8) is 0 Å². The van der Waals surface area contributed by atoms with Crippen molar-refractivity contribution in [3.8, 4) is 0 Å². The maximum absolute atomic E-state index is 4.03. The summed E-state index contributed by atoms with van der Waals surface area (Å²) in [4.78, 5) is 2.60. The highest BCUT2D eigenvalue weighted by atomic mass is 32.1. The van der Waals surface area contributed by atoms with Crippen LogP contribution in [0.2, 0.25) is 0 Å². The van der Waals surface area contributed by atoms with Crippen LogP contribution in [-0.2, 0) is 13.1 Å². The molecule has 5 nitrogen and oxygen atoms in total. The number of tetrazole rings is 1. The molecule has 0 bridgehead atoms. The summed E-state index contributed by atoms with van der Waals surface area (Å²) < 4.78 is 1.86. The molecule has 0 saturated heterocycles. The molecule has 0 aromatic carbocycles. The van der Waals surface area contributed by atoms with Crippen molar-refractivity contribution in [2.75, 3.05) is 6.54 Å². The average Bonchev–Trinajstić information content (AvgIpc) is 2.90. The highest BCUT2D eigenvalue weighted by Crippen LogP contribution is 2.16. The van der Waals surface area contributed by atoms with Crippen LogP contribution in [0.4, 0.5) is 0 Å². The van der Waals surface area contributed by atoms with Crippen LogP contribution < -0.4 is 5.32 Å². The molecule has 2 heterocycles. The lowest BCUT2D eigenvalue weighted by atomic mass is 10.4. The van der Waals surface area contributed by atoms with Gasteiger partial charge in [0.2, 0.25) is 0 Å². The first-order valence-electron chi connectivity index (χ1n) is 5.80. The molecule has 1 N–H and O–H groups in total. The van der Waals surface area contributed by atoms with Crippen molar-refractivity contribution in [3.05, 3.63) is 27.7 Å². The van der Waals surface area contributed by atoms with Gasteiger partial charge in [-0.05, 0) is 42.4 Å². The molecule has 0 fully saturated rings. The van der Waals surface area contributed by atoms with Crippen molar-refractivity contribution >= 4 is 11.3 Å². The Labute approximate surface area is 105 Å². The highest BCUT2D eigenvalue weighted by Gasteiger charge is 2.07. The number of aromatic nitrogens is 4. The number of rotatable bonds is 6. The van der Waals surface area contributed by atoms with Gasteiger partial charge in [-0.1, -0.05) is 6.92 Å². The fraction of sp³-hybridized carbons (Fsp3) is 0.545. The molecule has 6 heteroatoms. The molecule has 2 rings (SSSR count). The van der Waals surface area contributed by atoms with Gasteiger partial charge in [-0.25, -0.2) is 4.68 Å². The molecule has 0 aliphatic rings.